The van der Waals surface area contributed by atoms with Crippen molar-refractivity contribution >= 4 is 29.9 Å². The molecule has 0 saturated carbocycles. The molecule has 1 saturated heterocycles. The van der Waals surface area contributed by atoms with Gasteiger partial charge in [0, 0.05) is 33.2 Å². The lowest BCUT2D eigenvalue weighted by Crippen LogP contribution is -2.50. The maximum Gasteiger partial charge on any atom is 0.192 e. The van der Waals surface area contributed by atoms with Crippen LogP contribution < -0.4 is 10.6 Å². The second-order valence-corrected chi connectivity index (χ2v) is 8.69. The highest BCUT2D eigenvalue weighted by atomic mass is 127. The Morgan fingerprint density at radius 2 is 1.97 bits per heavy atom. The first kappa shape index (κ1) is 26.5. The predicted molar refractivity (Wildman–Crippen MR) is 139 cm³/mol. The van der Waals surface area contributed by atoms with E-state index in [1.54, 1.807) is 0 Å². The number of morpholine rings is 1. The van der Waals surface area contributed by atoms with Crippen LogP contribution in [0.25, 0.3) is 0 Å². The zero-order valence-corrected chi connectivity index (χ0v) is 22.2. The van der Waals surface area contributed by atoms with Gasteiger partial charge in [0.2, 0.25) is 0 Å². The Morgan fingerprint density at radius 3 is 2.62 bits per heavy atom. The van der Waals surface area contributed by atoms with Crippen LogP contribution in [-0.4, -0.2) is 64.5 Å². The van der Waals surface area contributed by atoms with Crippen molar-refractivity contribution in [3.63, 3.8) is 0 Å². The molecule has 0 radical (unpaired) electrons. The molecule has 178 valence electrons. The highest BCUT2D eigenvalue weighted by Crippen LogP contribution is 2.11. The van der Waals surface area contributed by atoms with Crippen molar-refractivity contribution in [2.75, 3.05) is 32.8 Å². The van der Waals surface area contributed by atoms with Crippen molar-refractivity contribution in [2.24, 2.45) is 18.0 Å². The number of aromatic nitrogens is 3. The summed E-state index contributed by atoms with van der Waals surface area (Å²) >= 11 is 0. The molecular formula is C23H38IN7O. The Hall–Kier alpha value is -1.72. The lowest BCUT2D eigenvalue weighted by atomic mass is 10.1. The summed E-state index contributed by atoms with van der Waals surface area (Å²) in [6.45, 7) is 13.6. The number of aryl methyl sites for hydroxylation is 1. The van der Waals surface area contributed by atoms with E-state index < -0.39 is 0 Å². The van der Waals surface area contributed by atoms with Gasteiger partial charge in [-0.25, -0.2) is 4.99 Å². The van der Waals surface area contributed by atoms with Crippen LogP contribution >= 0.6 is 24.0 Å². The summed E-state index contributed by atoms with van der Waals surface area (Å²) in [5, 5.41) is 15.4. The largest absolute Gasteiger partial charge is 0.374 e. The van der Waals surface area contributed by atoms with E-state index in [-0.39, 0.29) is 36.1 Å². The van der Waals surface area contributed by atoms with Crippen LogP contribution in [0.15, 0.2) is 35.3 Å². The van der Waals surface area contributed by atoms with Crippen LogP contribution in [0.4, 0.5) is 0 Å². The van der Waals surface area contributed by atoms with Crippen molar-refractivity contribution < 1.29 is 4.74 Å². The number of ether oxygens (including phenoxy) is 1. The van der Waals surface area contributed by atoms with Crippen molar-refractivity contribution in [3.8, 4) is 0 Å². The van der Waals surface area contributed by atoms with Gasteiger partial charge in [0.25, 0.3) is 0 Å². The van der Waals surface area contributed by atoms with Crippen LogP contribution in [0.1, 0.15) is 44.0 Å². The average Bonchev–Trinajstić information content (AvgIpc) is 3.08. The summed E-state index contributed by atoms with van der Waals surface area (Å²) < 4.78 is 7.97. The normalized spacial score (nSPS) is 18.3. The third-order valence-electron chi connectivity index (χ3n) is 5.56. The summed E-state index contributed by atoms with van der Waals surface area (Å²) in [6, 6.07) is 10.5. The molecule has 1 aliphatic rings. The molecule has 1 fully saturated rings. The molecule has 0 aliphatic carbocycles. The fraction of sp³-hybridized carbons (Fsp3) is 0.609. The van der Waals surface area contributed by atoms with Gasteiger partial charge in [-0.15, -0.1) is 34.2 Å². The molecule has 8 nitrogen and oxygen atoms in total. The van der Waals surface area contributed by atoms with Crippen molar-refractivity contribution in [1.29, 1.82) is 0 Å². The van der Waals surface area contributed by atoms with E-state index in [1.165, 1.54) is 5.56 Å². The second kappa shape index (κ2) is 13.1. The molecule has 0 amide bonds. The quantitative estimate of drug-likeness (QED) is 0.297. The van der Waals surface area contributed by atoms with E-state index in [4.69, 9.17) is 9.73 Å². The minimum atomic E-state index is 0. The topological polar surface area (TPSA) is 79.6 Å². The van der Waals surface area contributed by atoms with E-state index in [1.807, 2.05) is 24.6 Å². The first-order valence-electron chi connectivity index (χ1n) is 11.2. The van der Waals surface area contributed by atoms with Crippen LogP contribution in [0, 0.1) is 12.8 Å². The Bertz CT molecular complexity index is 840. The molecule has 0 bridgehead atoms. The zero-order chi connectivity index (χ0) is 22.2. The molecule has 0 spiro atoms. The number of nitrogens with zero attached hydrogens (tertiary/aromatic N) is 5. The highest BCUT2D eigenvalue weighted by Gasteiger charge is 2.21. The number of guanidine groups is 1. The third kappa shape index (κ3) is 8.00. The van der Waals surface area contributed by atoms with Gasteiger partial charge in [-0.3, -0.25) is 4.90 Å². The van der Waals surface area contributed by atoms with Gasteiger partial charge >= 0.3 is 0 Å². The van der Waals surface area contributed by atoms with Crippen LogP contribution in [0.5, 0.6) is 0 Å². The molecule has 3 rings (SSSR count). The first-order chi connectivity index (χ1) is 14.9. The first-order valence-corrected chi connectivity index (χ1v) is 11.2. The fourth-order valence-corrected chi connectivity index (χ4v) is 3.72. The molecule has 1 aromatic carbocycles. The lowest BCUT2D eigenvalue weighted by molar-refractivity contribution is -0.0284. The average molecular weight is 556 g/mol. The van der Waals surface area contributed by atoms with E-state index in [0.717, 1.165) is 43.8 Å². The Morgan fingerprint density at radius 1 is 1.22 bits per heavy atom. The van der Waals surface area contributed by atoms with Gasteiger partial charge < -0.3 is 19.9 Å². The van der Waals surface area contributed by atoms with Crippen molar-refractivity contribution in [1.82, 2.24) is 30.3 Å². The van der Waals surface area contributed by atoms with Gasteiger partial charge in [-0.05, 0) is 25.3 Å². The predicted octanol–water partition coefficient (Wildman–Crippen LogP) is 2.89. The lowest BCUT2D eigenvalue weighted by Gasteiger charge is -2.34. The minimum absolute atomic E-state index is 0. The molecule has 1 aliphatic heterocycles. The fourth-order valence-electron chi connectivity index (χ4n) is 3.72. The van der Waals surface area contributed by atoms with Crippen LogP contribution in [0.2, 0.25) is 0 Å². The van der Waals surface area contributed by atoms with Crippen LogP contribution in [-0.2, 0) is 18.3 Å². The highest BCUT2D eigenvalue weighted by molar-refractivity contribution is 14.0. The van der Waals surface area contributed by atoms with Gasteiger partial charge in [-0.2, -0.15) is 0 Å². The van der Waals surface area contributed by atoms with Gasteiger partial charge in [0.05, 0.1) is 18.8 Å². The SMILES string of the molecule is Cc1nnc(CN=C(NCC2CN(CC(C)C)CCO2)NC(C)c2ccccc2)n1C.I. The second-order valence-electron chi connectivity index (χ2n) is 8.69. The van der Waals surface area contributed by atoms with E-state index in [9.17, 15) is 0 Å². The zero-order valence-electron chi connectivity index (χ0n) is 19.9. The summed E-state index contributed by atoms with van der Waals surface area (Å²) in [5.41, 5.74) is 1.21. The smallest absolute Gasteiger partial charge is 0.192 e. The molecular weight excluding hydrogens is 517 g/mol. The number of benzene rings is 1. The molecule has 2 heterocycles. The molecule has 2 atom stereocenters. The minimum Gasteiger partial charge on any atom is -0.374 e. The number of nitrogens with one attached hydrogen (secondary N) is 2. The number of rotatable bonds is 8. The number of hydrogen-bond donors (Lipinski definition) is 2. The van der Waals surface area contributed by atoms with E-state index in [2.05, 4.69) is 70.8 Å². The van der Waals surface area contributed by atoms with Crippen LogP contribution in [0.3, 0.4) is 0 Å². The number of aliphatic imine (C=N–C) groups is 1. The molecule has 2 unspecified atom stereocenters. The summed E-state index contributed by atoms with van der Waals surface area (Å²) in [7, 11) is 1.96. The monoisotopic (exact) mass is 555 g/mol. The standard InChI is InChI=1S/C23H37N7O.HI/c1-17(2)15-30-11-12-31-21(16-30)13-24-23(25-14-22-28-27-19(4)29(22)5)26-18(3)20-9-7-6-8-10-20;/h6-10,17-18,21H,11-16H2,1-5H3,(H2,24,25,26);1H. The number of halogens is 1. The maximum atomic E-state index is 6.00. The van der Waals surface area contributed by atoms with E-state index >= 15 is 0 Å². The summed E-state index contributed by atoms with van der Waals surface area (Å²) in [6.07, 6.45) is 0.142. The molecule has 2 N–H and O–H groups in total. The third-order valence-corrected chi connectivity index (χ3v) is 5.56. The molecule has 2 aromatic rings. The molecule has 1 aromatic heterocycles. The van der Waals surface area contributed by atoms with Crippen molar-refractivity contribution in [2.45, 2.75) is 46.4 Å². The van der Waals surface area contributed by atoms with E-state index in [0.29, 0.717) is 19.0 Å². The molecule has 9 heteroatoms. The molecule has 32 heavy (non-hydrogen) atoms. The van der Waals surface area contributed by atoms with Gasteiger partial charge in [0.1, 0.15) is 12.4 Å². The Balaban J connectivity index is 0.00000363. The van der Waals surface area contributed by atoms with Crippen molar-refractivity contribution in [3.05, 3.63) is 47.5 Å². The van der Waals surface area contributed by atoms with Gasteiger partial charge in [-0.1, -0.05) is 44.2 Å². The Kier molecular flexibility index (Phi) is 10.9. The Labute approximate surface area is 209 Å². The maximum absolute atomic E-state index is 6.00. The number of hydrogen-bond acceptors (Lipinski definition) is 5. The summed E-state index contributed by atoms with van der Waals surface area (Å²) in [4.78, 5) is 7.27. The summed E-state index contributed by atoms with van der Waals surface area (Å²) in [5.74, 6) is 3.13. The van der Waals surface area contributed by atoms with Gasteiger partial charge in [0.15, 0.2) is 11.8 Å².